The molecule has 1 aromatic rings. The molecule has 2 heterocycles. The highest BCUT2D eigenvalue weighted by Crippen LogP contribution is 2.31. The number of rotatable bonds is 9. The van der Waals surface area contributed by atoms with Crippen LogP contribution < -0.4 is 5.32 Å². The zero-order chi connectivity index (χ0) is 24.8. The van der Waals surface area contributed by atoms with Crippen LogP contribution in [0.4, 0.5) is 5.69 Å². The Bertz CT molecular complexity index is 923. The number of carbonyl (C=O) groups is 3. The van der Waals surface area contributed by atoms with Gasteiger partial charge in [0.15, 0.2) is 0 Å². The highest BCUT2D eigenvalue weighted by Gasteiger charge is 2.37. The van der Waals surface area contributed by atoms with Gasteiger partial charge in [-0.3, -0.25) is 29.4 Å². The van der Waals surface area contributed by atoms with Crippen LogP contribution in [0, 0.1) is 16.0 Å². The molecule has 1 atom stereocenters. The van der Waals surface area contributed by atoms with E-state index in [1.54, 1.807) is 4.90 Å². The predicted molar refractivity (Wildman–Crippen MR) is 130 cm³/mol. The molecule has 4 rings (SSSR count). The smallest absolute Gasteiger partial charge is 0.269 e. The number of likely N-dealkylation sites (tertiary alicyclic amines) is 1. The van der Waals surface area contributed by atoms with Crippen molar-refractivity contribution in [3.8, 4) is 0 Å². The van der Waals surface area contributed by atoms with Gasteiger partial charge >= 0.3 is 0 Å². The Hall–Kier alpha value is -3.01. The molecule has 3 fully saturated rings. The number of nitrogens with zero attached hydrogens (tertiary/aromatic N) is 4. The van der Waals surface area contributed by atoms with Gasteiger partial charge in [-0.05, 0) is 43.7 Å². The average Bonchev–Trinajstić information content (AvgIpc) is 3.54. The third-order valence-corrected chi connectivity index (χ3v) is 7.51. The first-order chi connectivity index (χ1) is 16.9. The third kappa shape index (κ3) is 6.17. The van der Waals surface area contributed by atoms with E-state index in [-0.39, 0.29) is 29.5 Å². The summed E-state index contributed by atoms with van der Waals surface area (Å²) in [5, 5.41) is 14.0. The molecule has 10 nitrogen and oxygen atoms in total. The molecule has 3 aliphatic rings. The zero-order valence-corrected chi connectivity index (χ0v) is 20.2. The first-order valence-electron chi connectivity index (χ1n) is 12.8. The van der Waals surface area contributed by atoms with Crippen LogP contribution in [0.5, 0.6) is 0 Å². The Morgan fingerprint density at radius 1 is 1.03 bits per heavy atom. The molecule has 35 heavy (non-hydrogen) atoms. The van der Waals surface area contributed by atoms with Crippen LogP contribution >= 0.6 is 0 Å². The fourth-order valence-corrected chi connectivity index (χ4v) is 5.59. The lowest BCUT2D eigenvalue weighted by Crippen LogP contribution is -2.58. The second-order valence-electron chi connectivity index (χ2n) is 9.75. The summed E-state index contributed by atoms with van der Waals surface area (Å²) < 4.78 is 0. The fourth-order valence-electron chi connectivity index (χ4n) is 5.59. The molecule has 1 saturated carbocycles. The first-order valence-corrected chi connectivity index (χ1v) is 12.8. The maximum absolute atomic E-state index is 13.2. The largest absolute Gasteiger partial charge is 0.355 e. The maximum atomic E-state index is 13.2. The van der Waals surface area contributed by atoms with Crippen molar-refractivity contribution in [2.24, 2.45) is 5.92 Å². The Balaban J connectivity index is 1.30. The zero-order valence-electron chi connectivity index (χ0n) is 20.2. The summed E-state index contributed by atoms with van der Waals surface area (Å²) in [4.78, 5) is 54.1. The molecule has 190 valence electrons. The molecule has 2 saturated heterocycles. The van der Waals surface area contributed by atoms with Crippen LogP contribution in [0.3, 0.4) is 0 Å². The van der Waals surface area contributed by atoms with Crippen LogP contribution in [0.25, 0.3) is 0 Å². The summed E-state index contributed by atoms with van der Waals surface area (Å²) in [6.07, 6.45) is 6.69. The van der Waals surface area contributed by atoms with E-state index in [0.29, 0.717) is 57.2 Å². The van der Waals surface area contributed by atoms with Crippen LogP contribution in [0.15, 0.2) is 24.3 Å². The van der Waals surface area contributed by atoms with Crippen molar-refractivity contribution in [1.29, 1.82) is 0 Å². The highest BCUT2D eigenvalue weighted by molar-refractivity contribution is 5.94. The summed E-state index contributed by atoms with van der Waals surface area (Å²) in [6, 6.07) is 5.50. The van der Waals surface area contributed by atoms with Crippen molar-refractivity contribution in [2.45, 2.75) is 51.0 Å². The van der Waals surface area contributed by atoms with Gasteiger partial charge in [0, 0.05) is 69.9 Å². The molecule has 10 heteroatoms. The van der Waals surface area contributed by atoms with Gasteiger partial charge in [-0.2, -0.15) is 0 Å². The van der Waals surface area contributed by atoms with E-state index in [1.165, 1.54) is 24.3 Å². The van der Waals surface area contributed by atoms with Crippen LogP contribution in [-0.2, 0) is 9.59 Å². The average molecular weight is 486 g/mol. The first kappa shape index (κ1) is 25.1. The highest BCUT2D eigenvalue weighted by atomic mass is 16.6. The van der Waals surface area contributed by atoms with Crippen LogP contribution in [0.2, 0.25) is 0 Å². The molecule has 0 radical (unpaired) electrons. The van der Waals surface area contributed by atoms with Gasteiger partial charge in [0.2, 0.25) is 11.8 Å². The predicted octanol–water partition coefficient (Wildman–Crippen LogP) is 2.04. The van der Waals surface area contributed by atoms with E-state index in [4.69, 9.17) is 0 Å². The van der Waals surface area contributed by atoms with Gasteiger partial charge in [0.1, 0.15) is 0 Å². The third-order valence-electron chi connectivity index (χ3n) is 7.51. The van der Waals surface area contributed by atoms with Crippen LogP contribution in [-0.4, -0.2) is 89.2 Å². The van der Waals surface area contributed by atoms with E-state index >= 15 is 0 Å². The number of carbonyl (C=O) groups excluding carboxylic acids is 3. The van der Waals surface area contributed by atoms with E-state index in [0.717, 1.165) is 45.1 Å². The Morgan fingerprint density at radius 3 is 2.31 bits per heavy atom. The van der Waals surface area contributed by atoms with Gasteiger partial charge in [-0.25, -0.2) is 0 Å². The second-order valence-corrected chi connectivity index (χ2v) is 9.75. The Morgan fingerprint density at radius 2 is 1.71 bits per heavy atom. The van der Waals surface area contributed by atoms with Crippen molar-refractivity contribution in [2.75, 3.05) is 45.8 Å². The number of amides is 3. The molecule has 1 aromatic carbocycles. The summed E-state index contributed by atoms with van der Waals surface area (Å²) in [7, 11) is 0. The monoisotopic (exact) mass is 485 g/mol. The van der Waals surface area contributed by atoms with Crippen molar-refractivity contribution in [3.63, 3.8) is 0 Å². The van der Waals surface area contributed by atoms with Crippen molar-refractivity contribution in [1.82, 2.24) is 20.0 Å². The maximum Gasteiger partial charge on any atom is 0.269 e. The minimum absolute atomic E-state index is 0.0381. The minimum atomic E-state index is -0.479. The minimum Gasteiger partial charge on any atom is -0.355 e. The molecular weight excluding hydrogens is 450 g/mol. The number of nitrogens with one attached hydrogen (secondary N) is 1. The normalized spacial score (nSPS) is 20.3. The SMILES string of the molecule is O=C(NCCCN1CCCC1=O)[C@H](C1CCCC1)N1CCN(C(=O)c2ccc([N+](=O)[O-])cc2)CC1. The van der Waals surface area contributed by atoms with Gasteiger partial charge < -0.3 is 15.1 Å². The molecule has 3 amide bonds. The molecule has 0 bridgehead atoms. The van der Waals surface area contributed by atoms with E-state index < -0.39 is 4.92 Å². The number of piperazine rings is 1. The number of nitro groups is 1. The topological polar surface area (TPSA) is 116 Å². The van der Waals surface area contributed by atoms with Crippen molar-refractivity contribution < 1.29 is 19.3 Å². The van der Waals surface area contributed by atoms with E-state index in [9.17, 15) is 24.5 Å². The van der Waals surface area contributed by atoms with Gasteiger partial charge in [-0.1, -0.05) is 12.8 Å². The molecule has 0 aromatic heterocycles. The molecular formula is C25H35N5O5. The summed E-state index contributed by atoms with van der Waals surface area (Å²) in [6.45, 7) is 4.35. The van der Waals surface area contributed by atoms with E-state index in [1.807, 2.05) is 4.90 Å². The standard InChI is InChI=1S/C25H35N5O5/c31-22-7-3-13-27(22)14-4-12-26-24(32)23(19-5-1-2-6-19)28-15-17-29(18-16-28)25(33)20-8-10-21(11-9-20)30(34)35/h8-11,19,23H,1-7,12-18H2,(H,26,32)/t23-/m0/s1. The van der Waals surface area contributed by atoms with Gasteiger partial charge in [0.25, 0.3) is 11.6 Å². The summed E-state index contributed by atoms with van der Waals surface area (Å²) >= 11 is 0. The second kappa shape index (κ2) is 11.6. The number of hydrogen-bond acceptors (Lipinski definition) is 6. The Kier molecular flexibility index (Phi) is 8.33. The fraction of sp³-hybridized carbons (Fsp3) is 0.640. The number of hydrogen-bond donors (Lipinski definition) is 1. The van der Waals surface area contributed by atoms with Gasteiger partial charge in [-0.15, -0.1) is 0 Å². The van der Waals surface area contributed by atoms with Gasteiger partial charge in [0.05, 0.1) is 11.0 Å². The van der Waals surface area contributed by atoms with Crippen LogP contribution in [0.1, 0.15) is 55.3 Å². The number of nitro benzene ring substituents is 1. The molecule has 2 aliphatic heterocycles. The lowest BCUT2D eigenvalue weighted by molar-refractivity contribution is -0.384. The molecule has 0 spiro atoms. The lowest BCUT2D eigenvalue weighted by atomic mass is 9.95. The molecule has 1 N–H and O–H groups in total. The van der Waals surface area contributed by atoms with Crippen molar-refractivity contribution in [3.05, 3.63) is 39.9 Å². The number of benzene rings is 1. The quantitative estimate of drug-likeness (QED) is 0.325. The molecule has 1 aliphatic carbocycles. The Labute approximate surface area is 205 Å². The van der Waals surface area contributed by atoms with E-state index in [2.05, 4.69) is 10.2 Å². The summed E-state index contributed by atoms with van der Waals surface area (Å²) in [5.41, 5.74) is 0.398. The lowest BCUT2D eigenvalue weighted by Gasteiger charge is -2.40. The molecule has 0 unspecified atom stereocenters. The summed E-state index contributed by atoms with van der Waals surface area (Å²) in [5.74, 6) is 0.450. The van der Waals surface area contributed by atoms with Crippen molar-refractivity contribution >= 4 is 23.4 Å². The number of non-ortho nitro benzene ring substituents is 1.